The van der Waals surface area contributed by atoms with Crippen LogP contribution in [0.1, 0.15) is 57.3 Å². The lowest BCUT2D eigenvalue weighted by atomic mass is 10.1. The molecule has 0 bridgehead atoms. The lowest BCUT2D eigenvalue weighted by molar-refractivity contribution is -0.154. The number of hydrogen-bond donors (Lipinski definition) is 3. The van der Waals surface area contributed by atoms with E-state index in [-0.39, 0.29) is 35.5 Å². The summed E-state index contributed by atoms with van der Waals surface area (Å²) in [6, 6.07) is 7.43. The van der Waals surface area contributed by atoms with Crippen LogP contribution in [0, 0.1) is 0 Å². The molecule has 0 spiro atoms. The average Bonchev–Trinajstić information content (AvgIpc) is 3.33. The highest BCUT2D eigenvalue weighted by atomic mass is 32.2. The Morgan fingerprint density at radius 1 is 1.02 bits per heavy atom. The van der Waals surface area contributed by atoms with Crippen molar-refractivity contribution in [3.8, 4) is 17.1 Å². The summed E-state index contributed by atoms with van der Waals surface area (Å²) >= 11 is 0. The predicted molar refractivity (Wildman–Crippen MR) is 184 cm³/mol. The minimum atomic E-state index is -3.46. The molecule has 3 rings (SSSR count). The molecule has 3 aromatic rings. The number of anilines is 3. The van der Waals surface area contributed by atoms with E-state index in [4.69, 9.17) is 19.9 Å². The van der Waals surface area contributed by atoms with Gasteiger partial charge in [-0.25, -0.2) is 23.1 Å². The fourth-order valence-corrected chi connectivity index (χ4v) is 5.51. The van der Waals surface area contributed by atoms with Crippen LogP contribution in [0.3, 0.4) is 0 Å². The fraction of sp³-hybridized carbons (Fsp3) is 0.516. The van der Waals surface area contributed by atoms with Crippen molar-refractivity contribution in [1.29, 1.82) is 0 Å². The number of benzene rings is 1. The highest BCUT2D eigenvalue weighted by Gasteiger charge is 2.25. The van der Waals surface area contributed by atoms with E-state index in [0.717, 1.165) is 6.04 Å². The molecule has 14 nitrogen and oxygen atoms in total. The van der Waals surface area contributed by atoms with Gasteiger partial charge in [0.15, 0.2) is 0 Å². The predicted octanol–water partition coefficient (Wildman–Crippen LogP) is 5.15. The number of unbranched alkanes of at least 4 members (excludes halogenated alkanes) is 1. The Kier molecular flexibility index (Phi) is 12.9. The number of nitrogens with two attached hydrogens (primary N) is 1. The van der Waals surface area contributed by atoms with Crippen LogP contribution in [0.4, 0.5) is 17.3 Å². The van der Waals surface area contributed by atoms with Crippen LogP contribution < -0.4 is 20.5 Å². The number of sulfonamides is 1. The Bertz CT molecular complexity index is 1600. The van der Waals surface area contributed by atoms with Crippen LogP contribution in [0.5, 0.6) is 5.88 Å². The summed E-state index contributed by atoms with van der Waals surface area (Å²) in [4.78, 5) is 33.4. The highest BCUT2D eigenvalue weighted by molar-refractivity contribution is 7.92. The van der Waals surface area contributed by atoms with Gasteiger partial charge in [0.1, 0.15) is 35.2 Å². The zero-order valence-electron chi connectivity index (χ0n) is 28.3. The van der Waals surface area contributed by atoms with Crippen molar-refractivity contribution in [3.63, 3.8) is 0 Å². The van der Waals surface area contributed by atoms with Gasteiger partial charge in [0.2, 0.25) is 15.9 Å². The standard InChI is InChI=1S/C31H47N7O7SSi/c1-8-46(41,42)37-23-14-12-22(13-15-23)28-27(29(32)40)30(38(36-28)21-43-17-18-47(5,6)7)35-24-19-34-25(20-33-24)44-16-10-9-11-26(39)45-31(2,3)4/h12-15,19-20,37H,8-11,16-18,21H2,1-7H3,(H2,32,40)(H,33,35). The van der Waals surface area contributed by atoms with Gasteiger partial charge in [-0.1, -0.05) is 31.8 Å². The number of hydrogen-bond acceptors (Lipinski definition) is 11. The lowest BCUT2D eigenvalue weighted by Crippen LogP contribution is -2.23. The van der Waals surface area contributed by atoms with Crippen molar-refractivity contribution in [2.45, 2.75) is 85.0 Å². The number of carbonyl (C=O) groups is 2. The number of aromatic nitrogens is 4. The lowest BCUT2D eigenvalue weighted by Gasteiger charge is -2.19. The first-order chi connectivity index (χ1) is 22.0. The summed E-state index contributed by atoms with van der Waals surface area (Å²) in [5.41, 5.74) is 6.68. The monoisotopic (exact) mass is 689 g/mol. The van der Waals surface area contributed by atoms with Crippen molar-refractivity contribution in [2.24, 2.45) is 5.73 Å². The molecule has 0 atom stereocenters. The molecule has 16 heteroatoms. The number of ether oxygens (including phenoxy) is 3. The average molecular weight is 690 g/mol. The summed E-state index contributed by atoms with van der Waals surface area (Å²) < 4.78 is 44.9. The molecule has 0 fully saturated rings. The van der Waals surface area contributed by atoms with E-state index in [9.17, 15) is 18.0 Å². The Labute approximate surface area is 277 Å². The summed E-state index contributed by atoms with van der Waals surface area (Å²) in [6.45, 7) is 14.7. The van der Waals surface area contributed by atoms with Gasteiger partial charge in [-0.05, 0) is 58.7 Å². The Morgan fingerprint density at radius 3 is 2.30 bits per heavy atom. The van der Waals surface area contributed by atoms with E-state index in [1.165, 1.54) is 17.1 Å². The largest absolute Gasteiger partial charge is 0.477 e. The summed E-state index contributed by atoms with van der Waals surface area (Å²) in [7, 11) is -4.81. The third kappa shape index (κ3) is 12.6. The molecule has 2 aromatic heterocycles. The van der Waals surface area contributed by atoms with Crippen molar-refractivity contribution in [3.05, 3.63) is 42.2 Å². The second kappa shape index (κ2) is 16.2. The number of primary amides is 1. The summed E-state index contributed by atoms with van der Waals surface area (Å²) in [5, 5.41) is 7.77. The number of carbonyl (C=O) groups excluding carboxylic acids is 2. The van der Waals surface area contributed by atoms with E-state index in [0.29, 0.717) is 55.4 Å². The molecule has 258 valence electrons. The maximum Gasteiger partial charge on any atom is 0.306 e. The first-order valence-corrected chi connectivity index (χ1v) is 20.9. The first kappa shape index (κ1) is 37.4. The maximum absolute atomic E-state index is 12.8. The molecule has 0 unspecified atom stereocenters. The van der Waals surface area contributed by atoms with Crippen LogP contribution in [0.25, 0.3) is 11.3 Å². The topological polar surface area (TPSA) is 190 Å². The van der Waals surface area contributed by atoms with Gasteiger partial charge in [0, 0.05) is 32.4 Å². The number of amides is 1. The molecule has 47 heavy (non-hydrogen) atoms. The second-order valence-electron chi connectivity index (χ2n) is 13.1. The van der Waals surface area contributed by atoms with E-state index >= 15 is 0 Å². The van der Waals surface area contributed by atoms with Crippen molar-refractivity contribution in [1.82, 2.24) is 19.7 Å². The third-order valence-electron chi connectivity index (χ3n) is 6.54. The van der Waals surface area contributed by atoms with E-state index < -0.39 is 29.6 Å². The molecule has 0 saturated carbocycles. The van der Waals surface area contributed by atoms with E-state index in [2.05, 4.69) is 44.7 Å². The summed E-state index contributed by atoms with van der Waals surface area (Å²) in [5.74, 6) is -0.172. The highest BCUT2D eigenvalue weighted by Crippen LogP contribution is 2.31. The number of nitrogens with one attached hydrogen (secondary N) is 2. The van der Waals surface area contributed by atoms with Crippen molar-refractivity contribution < 1.29 is 32.2 Å². The van der Waals surface area contributed by atoms with Crippen LogP contribution >= 0.6 is 0 Å². The van der Waals surface area contributed by atoms with Gasteiger partial charge in [-0.15, -0.1) is 0 Å². The van der Waals surface area contributed by atoms with Gasteiger partial charge in [0.25, 0.3) is 5.91 Å². The normalized spacial score (nSPS) is 12.1. The second-order valence-corrected chi connectivity index (χ2v) is 20.8. The Balaban J connectivity index is 1.78. The zero-order valence-corrected chi connectivity index (χ0v) is 30.1. The maximum atomic E-state index is 12.8. The van der Waals surface area contributed by atoms with Crippen LogP contribution in [0.2, 0.25) is 25.7 Å². The molecule has 0 aliphatic rings. The number of nitrogens with zero attached hydrogens (tertiary/aromatic N) is 4. The molecule has 2 heterocycles. The number of rotatable bonds is 18. The first-order valence-electron chi connectivity index (χ1n) is 15.5. The molecule has 0 saturated heterocycles. The Hall–Kier alpha value is -4.02. The Morgan fingerprint density at radius 2 is 1.72 bits per heavy atom. The molecular formula is C31H47N7O7SSi. The molecule has 0 aliphatic heterocycles. The van der Waals surface area contributed by atoms with Crippen LogP contribution in [-0.4, -0.2) is 72.7 Å². The van der Waals surface area contributed by atoms with Crippen LogP contribution in [0.15, 0.2) is 36.7 Å². The van der Waals surface area contributed by atoms with Crippen molar-refractivity contribution in [2.75, 3.05) is 29.0 Å². The summed E-state index contributed by atoms with van der Waals surface area (Å²) in [6.07, 6.45) is 4.45. The molecule has 0 radical (unpaired) electrons. The van der Waals surface area contributed by atoms with E-state index in [1.54, 1.807) is 31.2 Å². The van der Waals surface area contributed by atoms with Gasteiger partial charge in [0.05, 0.1) is 24.8 Å². The third-order valence-corrected chi connectivity index (χ3v) is 9.55. The minimum absolute atomic E-state index is 0.0411. The zero-order chi connectivity index (χ0) is 34.8. The van der Waals surface area contributed by atoms with Gasteiger partial charge < -0.3 is 25.3 Å². The molecule has 4 N–H and O–H groups in total. The van der Waals surface area contributed by atoms with Gasteiger partial charge in [-0.3, -0.25) is 14.3 Å². The van der Waals surface area contributed by atoms with Crippen LogP contribution in [-0.2, 0) is 31.0 Å². The smallest absolute Gasteiger partial charge is 0.306 e. The quantitative estimate of drug-likeness (QED) is 0.0910. The fourth-order valence-electron chi connectivity index (χ4n) is 4.11. The molecule has 0 aliphatic carbocycles. The SMILES string of the molecule is CCS(=O)(=O)Nc1ccc(-c2nn(COCC[Si](C)(C)C)c(Nc3cnc(OCCCCC(=O)OC(C)(C)C)cn3)c2C(N)=O)cc1. The van der Waals surface area contributed by atoms with Gasteiger partial charge >= 0.3 is 5.97 Å². The minimum Gasteiger partial charge on any atom is -0.477 e. The molecule has 1 aromatic carbocycles. The van der Waals surface area contributed by atoms with E-state index in [1.807, 2.05) is 20.8 Å². The molecule has 1 amide bonds. The molecular weight excluding hydrogens is 643 g/mol. The number of esters is 1. The van der Waals surface area contributed by atoms with Gasteiger partial charge in [-0.2, -0.15) is 5.10 Å². The van der Waals surface area contributed by atoms with Crippen molar-refractivity contribution >= 4 is 47.3 Å².